The molecule has 0 radical (unpaired) electrons. The number of nitrogens with one attached hydrogen (secondary N) is 1. The largest absolute Gasteiger partial charge is 0.380 e. The van der Waals surface area contributed by atoms with Gasteiger partial charge in [-0.2, -0.15) is 0 Å². The Labute approximate surface area is 99.0 Å². The molecule has 0 aliphatic carbocycles. The van der Waals surface area contributed by atoms with E-state index in [1.54, 1.807) is 0 Å². The van der Waals surface area contributed by atoms with Crippen LogP contribution in [0.15, 0.2) is 12.1 Å². The predicted molar refractivity (Wildman–Crippen MR) is 62.9 cm³/mol. The van der Waals surface area contributed by atoms with E-state index in [-0.39, 0.29) is 17.3 Å². The Morgan fingerprint density at radius 3 is 2.59 bits per heavy atom. The average molecular weight is 242 g/mol. The molecule has 0 aliphatic rings. The second-order valence-corrected chi connectivity index (χ2v) is 4.01. The van der Waals surface area contributed by atoms with Gasteiger partial charge >= 0.3 is 0 Å². The summed E-state index contributed by atoms with van der Waals surface area (Å²) in [4.78, 5) is 10.9. The zero-order valence-electron chi connectivity index (χ0n) is 9.89. The molecular weight excluding hydrogens is 226 g/mol. The lowest BCUT2D eigenvalue weighted by Gasteiger charge is -2.15. The Morgan fingerprint density at radius 2 is 2.06 bits per heavy atom. The van der Waals surface area contributed by atoms with Gasteiger partial charge in [0, 0.05) is 12.1 Å². The fourth-order valence-corrected chi connectivity index (χ4v) is 1.62. The first-order valence-corrected chi connectivity index (χ1v) is 5.51. The highest BCUT2D eigenvalue weighted by atomic mass is 19.1. The smallest absolute Gasteiger partial charge is 0.251 e. The minimum absolute atomic E-state index is 0.0423. The molecule has 1 unspecified atom stereocenters. The van der Waals surface area contributed by atoms with Gasteiger partial charge < -0.3 is 11.1 Å². The number of nitrogens with two attached hydrogens (primary N) is 1. The van der Waals surface area contributed by atoms with Gasteiger partial charge in [0.25, 0.3) is 5.91 Å². The standard InChI is InChI=1S/C12H16F2N2O/c1-3-4-7(2)16-11-5-8(12(15)17)9(13)6-10(11)14/h5-7,16H,3-4H2,1-2H3,(H2,15,17). The van der Waals surface area contributed by atoms with Crippen molar-refractivity contribution < 1.29 is 13.6 Å². The van der Waals surface area contributed by atoms with Crippen molar-refractivity contribution in [1.82, 2.24) is 0 Å². The molecule has 5 heteroatoms. The molecule has 94 valence electrons. The zero-order chi connectivity index (χ0) is 13.0. The van der Waals surface area contributed by atoms with E-state index in [0.717, 1.165) is 18.9 Å². The Kier molecular flexibility index (Phi) is 4.43. The summed E-state index contributed by atoms with van der Waals surface area (Å²) in [6.45, 7) is 3.89. The minimum Gasteiger partial charge on any atom is -0.380 e. The molecule has 0 spiro atoms. The summed E-state index contributed by atoms with van der Waals surface area (Å²) in [6.07, 6.45) is 1.79. The van der Waals surface area contributed by atoms with Gasteiger partial charge in [0.05, 0.1) is 11.3 Å². The molecule has 0 aliphatic heterocycles. The van der Waals surface area contributed by atoms with Crippen molar-refractivity contribution in [2.45, 2.75) is 32.7 Å². The molecule has 1 aromatic rings. The van der Waals surface area contributed by atoms with E-state index in [1.165, 1.54) is 0 Å². The van der Waals surface area contributed by atoms with Crippen LogP contribution in [0.2, 0.25) is 0 Å². The molecule has 1 atom stereocenters. The SMILES string of the molecule is CCCC(C)Nc1cc(C(N)=O)c(F)cc1F. The van der Waals surface area contributed by atoms with Crippen molar-refractivity contribution in [3.8, 4) is 0 Å². The van der Waals surface area contributed by atoms with Gasteiger partial charge in [-0.3, -0.25) is 4.79 Å². The third kappa shape index (κ3) is 3.41. The molecule has 0 saturated carbocycles. The van der Waals surface area contributed by atoms with E-state index in [4.69, 9.17) is 5.73 Å². The lowest BCUT2D eigenvalue weighted by atomic mass is 10.1. The molecule has 1 rings (SSSR count). The van der Waals surface area contributed by atoms with Gasteiger partial charge in [-0.25, -0.2) is 8.78 Å². The first kappa shape index (κ1) is 13.4. The molecule has 1 amide bonds. The Hall–Kier alpha value is -1.65. The number of carbonyl (C=O) groups excluding carboxylic acids is 1. The second kappa shape index (κ2) is 5.61. The van der Waals surface area contributed by atoms with Crippen LogP contribution in [0.5, 0.6) is 0 Å². The van der Waals surface area contributed by atoms with Crippen LogP contribution >= 0.6 is 0 Å². The molecule has 17 heavy (non-hydrogen) atoms. The van der Waals surface area contributed by atoms with Gasteiger partial charge in [0.2, 0.25) is 0 Å². The van der Waals surface area contributed by atoms with Gasteiger partial charge in [-0.05, 0) is 19.4 Å². The van der Waals surface area contributed by atoms with Gasteiger partial charge in [-0.1, -0.05) is 13.3 Å². The van der Waals surface area contributed by atoms with Gasteiger partial charge in [-0.15, -0.1) is 0 Å². The predicted octanol–water partition coefficient (Wildman–Crippen LogP) is 2.66. The fraction of sp³-hybridized carbons (Fsp3) is 0.417. The van der Waals surface area contributed by atoms with Crippen molar-refractivity contribution in [3.05, 3.63) is 29.3 Å². The van der Waals surface area contributed by atoms with Crippen molar-refractivity contribution >= 4 is 11.6 Å². The highest BCUT2D eigenvalue weighted by Gasteiger charge is 2.14. The first-order valence-electron chi connectivity index (χ1n) is 5.51. The molecule has 3 N–H and O–H groups in total. The van der Waals surface area contributed by atoms with Gasteiger partial charge in [0.15, 0.2) is 0 Å². The summed E-state index contributed by atoms with van der Waals surface area (Å²) in [6, 6.07) is 1.82. The average Bonchev–Trinajstić information content (AvgIpc) is 2.21. The molecule has 0 heterocycles. The highest BCUT2D eigenvalue weighted by Crippen LogP contribution is 2.20. The van der Waals surface area contributed by atoms with E-state index < -0.39 is 17.5 Å². The molecular formula is C12H16F2N2O. The molecule has 3 nitrogen and oxygen atoms in total. The maximum atomic E-state index is 13.4. The summed E-state index contributed by atoms with van der Waals surface area (Å²) < 4.78 is 26.6. The Morgan fingerprint density at radius 1 is 1.41 bits per heavy atom. The summed E-state index contributed by atoms with van der Waals surface area (Å²) in [5.41, 5.74) is 4.78. The third-order valence-electron chi connectivity index (χ3n) is 2.45. The normalized spacial score (nSPS) is 12.2. The van der Waals surface area contributed by atoms with E-state index in [2.05, 4.69) is 5.32 Å². The van der Waals surface area contributed by atoms with Crippen LogP contribution in [-0.4, -0.2) is 11.9 Å². The van der Waals surface area contributed by atoms with Crippen LogP contribution in [0.4, 0.5) is 14.5 Å². The number of primary amides is 1. The zero-order valence-corrected chi connectivity index (χ0v) is 9.89. The lowest BCUT2D eigenvalue weighted by Crippen LogP contribution is -2.18. The Balaban J connectivity index is 2.99. The molecule has 1 aromatic carbocycles. The third-order valence-corrected chi connectivity index (χ3v) is 2.45. The van der Waals surface area contributed by atoms with Crippen molar-refractivity contribution in [1.29, 1.82) is 0 Å². The molecule has 0 bridgehead atoms. The summed E-state index contributed by atoms with van der Waals surface area (Å²) >= 11 is 0. The number of amides is 1. The fourth-order valence-electron chi connectivity index (χ4n) is 1.62. The van der Waals surface area contributed by atoms with E-state index in [1.807, 2.05) is 13.8 Å². The van der Waals surface area contributed by atoms with Crippen LogP contribution in [0, 0.1) is 11.6 Å². The number of rotatable bonds is 5. The van der Waals surface area contributed by atoms with Crippen LogP contribution in [-0.2, 0) is 0 Å². The van der Waals surface area contributed by atoms with Gasteiger partial charge in [0.1, 0.15) is 11.6 Å². The summed E-state index contributed by atoms with van der Waals surface area (Å²) in [5.74, 6) is -2.58. The summed E-state index contributed by atoms with van der Waals surface area (Å²) in [7, 11) is 0. The first-order chi connectivity index (χ1) is 7.95. The quantitative estimate of drug-likeness (QED) is 0.834. The van der Waals surface area contributed by atoms with Crippen LogP contribution in [0.3, 0.4) is 0 Å². The van der Waals surface area contributed by atoms with Crippen LogP contribution in [0.25, 0.3) is 0 Å². The van der Waals surface area contributed by atoms with Crippen LogP contribution < -0.4 is 11.1 Å². The number of halogens is 2. The number of hydrogen-bond acceptors (Lipinski definition) is 2. The Bertz CT molecular complexity index is 421. The van der Waals surface area contributed by atoms with Crippen LogP contribution in [0.1, 0.15) is 37.0 Å². The monoisotopic (exact) mass is 242 g/mol. The van der Waals surface area contributed by atoms with Crippen molar-refractivity contribution in [2.24, 2.45) is 5.73 Å². The maximum Gasteiger partial charge on any atom is 0.251 e. The van der Waals surface area contributed by atoms with E-state index in [0.29, 0.717) is 6.07 Å². The van der Waals surface area contributed by atoms with E-state index >= 15 is 0 Å². The highest BCUT2D eigenvalue weighted by molar-refractivity contribution is 5.94. The second-order valence-electron chi connectivity index (χ2n) is 4.01. The maximum absolute atomic E-state index is 13.4. The van der Waals surface area contributed by atoms with Crippen molar-refractivity contribution in [2.75, 3.05) is 5.32 Å². The number of anilines is 1. The molecule has 0 saturated heterocycles. The number of benzene rings is 1. The molecule has 0 aromatic heterocycles. The summed E-state index contributed by atoms with van der Waals surface area (Å²) in [5, 5.41) is 2.88. The number of carbonyl (C=O) groups is 1. The molecule has 0 fully saturated rings. The number of hydrogen-bond donors (Lipinski definition) is 2. The van der Waals surface area contributed by atoms with E-state index in [9.17, 15) is 13.6 Å². The van der Waals surface area contributed by atoms with Crippen molar-refractivity contribution in [3.63, 3.8) is 0 Å². The lowest BCUT2D eigenvalue weighted by molar-refractivity contribution is 0.0996. The minimum atomic E-state index is -0.941. The topological polar surface area (TPSA) is 55.1 Å².